The number of carbonyl (C=O) groups is 1. The highest BCUT2D eigenvalue weighted by Gasteiger charge is 2.07. The van der Waals surface area contributed by atoms with Gasteiger partial charge in [0.05, 0.1) is 20.1 Å². The van der Waals surface area contributed by atoms with E-state index in [4.69, 9.17) is 9.47 Å². The second kappa shape index (κ2) is 8.43. The quantitative estimate of drug-likeness (QED) is 0.761. The highest BCUT2D eigenvalue weighted by Crippen LogP contribution is 2.25. The fourth-order valence-corrected chi connectivity index (χ4v) is 1.64. The van der Waals surface area contributed by atoms with Crippen LogP contribution in [0.4, 0.5) is 0 Å². The number of amides is 1. The van der Waals surface area contributed by atoms with Gasteiger partial charge in [0.1, 0.15) is 11.5 Å². The van der Waals surface area contributed by atoms with Crippen LogP contribution in [0.5, 0.6) is 11.5 Å². The molecule has 5 nitrogen and oxygen atoms in total. The minimum Gasteiger partial charge on any atom is -0.497 e. The van der Waals surface area contributed by atoms with Crippen LogP contribution < -0.4 is 20.1 Å². The highest BCUT2D eigenvalue weighted by molar-refractivity contribution is 5.75. The molecule has 2 N–H and O–H groups in total. The van der Waals surface area contributed by atoms with Crippen molar-refractivity contribution in [1.82, 2.24) is 10.6 Å². The van der Waals surface area contributed by atoms with Crippen LogP contribution in [0.3, 0.4) is 0 Å². The SMILES string of the molecule is CNC(=O)CCOc1cc(OC)ccc1CNC(C)C. The minimum absolute atomic E-state index is 0.0326. The first-order valence-electron chi connectivity index (χ1n) is 6.80. The van der Waals surface area contributed by atoms with E-state index in [1.165, 1.54) is 0 Å². The van der Waals surface area contributed by atoms with Crippen molar-refractivity contribution < 1.29 is 14.3 Å². The van der Waals surface area contributed by atoms with Gasteiger partial charge in [0.15, 0.2) is 0 Å². The van der Waals surface area contributed by atoms with Gasteiger partial charge in [-0.25, -0.2) is 0 Å². The molecular weight excluding hydrogens is 256 g/mol. The van der Waals surface area contributed by atoms with Crippen molar-refractivity contribution in [3.8, 4) is 11.5 Å². The van der Waals surface area contributed by atoms with Gasteiger partial charge >= 0.3 is 0 Å². The molecule has 1 aromatic carbocycles. The van der Waals surface area contributed by atoms with Crippen LogP contribution in [0.2, 0.25) is 0 Å². The van der Waals surface area contributed by atoms with Gasteiger partial charge in [-0.15, -0.1) is 0 Å². The van der Waals surface area contributed by atoms with Crippen molar-refractivity contribution >= 4 is 5.91 Å². The Morgan fingerprint density at radius 3 is 2.70 bits per heavy atom. The van der Waals surface area contributed by atoms with Crippen LogP contribution in [-0.4, -0.2) is 32.7 Å². The first kappa shape index (κ1) is 16.3. The van der Waals surface area contributed by atoms with Crippen LogP contribution >= 0.6 is 0 Å². The molecule has 0 fully saturated rings. The predicted molar refractivity (Wildman–Crippen MR) is 79.1 cm³/mol. The zero-order valence-corrected chi connectivity index (χ0v) is 12.7. The Kier molecular flexibility index (Phi) is 6.87. The third kappa shape index (κ3) is 5.48. The number of hydrogen-bond acceptors (Lipinski definition) is 4. The Morgan fingerprint density at radius 1 is 1.35 bits per heavy atom. The number of benzene rings is 1. The summed E-state index contributed by atoms with van der Waals surface area (Å²) in [6.45, 7) is 5.25. The molecular formula is C15H24N2O3. The summed E-state index contributed by atoms with van der Waals surface area (Å²) in [7, 11) is 3.24. The summed E-state index contributed by atoms with van der Waals surface area (Å²) in [4.78, 5) is 11.2. The summed E-state index contributed by atoms with van der Waals surface area (Å²) in [6.07, 6.45) is 0.338. The maximum atomic E-state index is 11.2. The lowest BCUT2D eigenvalue weighted by molar-refractivity contribution is -0.121. The van der Waals surface area contributed by atoms with Crippen molar-refractivity contribution in [2.75, 3.05) is 20.8 Å². The molecule has 0 aliphatic carbocycles. The van der Waals surface area contributed by atoms with E-state index < -0.39 is 0 Å². The van der Waals surface area contributed by atoms with Crippen LogP contribution in [0, 0.1) is 0 Å². The molecule has 0 saturated carbocycles. The molecule has 112 valence electrons. The Balaban J connectivity index is 2.70. The number of rotatable bonds is 8. The molecule has 0 bridgehead atoms. The lowest BCUT2D eigenvalue weighted by atomic mass is 10.2. The van der Waals surface area contributed by atoms with Gasteiger partial charge in [-0.1, -0.05) is 19.9 Å². The lowest BCUT2D eigenvalue weighted by Gasteiger charge is -2.14. The van der Waals surface area contributed by atoms with Crippen molar-refractivity contribution in [2.24, 2.45) is 0 Å². The van der Waals surface area contributed by atoms with Crippen LogP contribution in [0.1, 0.15) is 25.8 Å². The highest BCUT2D eigenvalue weighted by atomic mass is 16.5. The average molecular weight is 280 g/mol. The molecule has 0 radical (unpaired) electrons. The van der Waals surface area contributed by atoms with E-state index in [9.17, 15) is 4.79 Å². The molecule has 0 aliphatic heterocycles. The number of nitrogens with one attached hydrogen (secondary N) is 2. The van der Waals surface area contributed by atoms with Gasteiger partial charge in [0.25, 0.3) is 0 Å². The molecule has 5 heteroatoms. The van der Waals surface area contributed by atoms with E-state index >= 15 is 0 Å². The van der Waals surface area contributed by atoms with E-state index in [-0.39, 0.29) is 5.91 Å². The van der Waals surface area contributed by atoms with Crippen LogP contribution in [0.25, 0.3) is 0 Å². The molecule has 0 saturated heterocycles. The molecule has 20 heavy (non-hydrogen) atoms. The maximum absolute atomic E-state index is 11.2. The second-order valence-corrected chi connectivity index (χ2v) is 4.78. The van der Waals surface area contributed by atoms with Crippen molar-refractivity contribution in [3.63, 3.8) is 0 Å². The zero-order chi connectivity index (χ0) is 15.0. The summed E-state index contributed by atoms with van der Waals surface area (Å²) in [6, 6.07) is 6.13. The van der Waals surface area contributed by atoms with Gasteiger partial charge in [-0.2, -0.15) is 0 Å². The number of ether oxygens (including phenoxy) is 2. The first-order chi connectivity index (χ1) is 9.56. The molecule has 0 spiro atoms. The molecule has 0 aromatic heterocycles. The van der Waals surface area contributed by atoms with Gasteiger partial charge in [0, 0.05) is 31.3 Å². The smallest absolute Gasteiger partial charge is 0.223 e. The summed E-state index contributed by atoms with van der Waals surface area (Å²) in [5.74, 6) is 1.46. The third-order valence-electron chi connectivity index (χ3n) is 2.84. The van der Waals surface area contributed by atoms with Crippen molar-refractivity contribution in [1.29, 1.82) is 0 Å². The normalized spacial score (nSPS) is 10.4. The fourth-order valence-electron chi connectivity index (χ4n) is 1.64. The molecule has 0 unspecified atom stereocenters. The summed E-state index contributed by atoms with van der Waals surface area (Å²) >= 11 is 0. The topological polar surface area (TPSA) is 59.6 Å². The number of carbonyl (C=O) groups excluding carboxylic acids is 1. The summed E-state index contributed by atoms with van der Waals surface area (Å²) < 4.78 is 10.9. The van der Waals surface area contributed by atoms with Crippen molar-refractivity contribution in [3.05, 3.63) is 23.8 Å². The van der Waals surface area contributed by atoms with E-state index in [2.05, 4.69) is 24.5 Å². The standard InChI is InChI=1S/C15H24N2O3/c1-11(2)17-10-12-5-6-13(19-4)9-14(12)20-8-7-15(18)16-3/h5-6,9,11,17H,7-8,10H2,1-4H3,(H,16,18). The predicted octanol–water partition coefficient (Wildman–Crippen LogP) is 1.71. The van der Waals surface area contributed by atoms with E-state index in [0.717, 1.165) is 23.6 Å². The van der Waals surface area contributed by atoms with Gasteiger partial charge in [0.2, 0.25) is 5.91 Å². The molecule has 0 atom stereocenters. The Morgan fingerprint density at radius 2 is 2.10 bits per heavy atom. The Hall–Kier alpha value is -1.75. The largest absolute Gasteiger partial charge is 0.497 e. The van der Waals surface area contributed by atoms with Gasteiger partial charge in [-0.05, 0) is 6.07 Å². The Bertz CT molecular complexity index is 433. The Labute approximate surface area is 120 Å². The number of hydrogen-bond donors (Lipinski definition) is 2. The molecule has 1 rings (SSSR count). The van der Waals surface area contributed by atoms with Gasteiger partial charge in [-0.3, -0.25) is 4.79 Å². The fraction of sp³-hybridized carbons (Fsp3) is 0.533. The van der Waals surface area contributed by atoms with E-state index in [1.807, 2.05) is 18.2 Å². The summed E-state index contributed by atoms with van der Waals surface area (Å²) in [5, 5.41) is 5.92. The molecule has 1 amide bonds. The molecule has 1 aromatic rings. The molecule has 0 heterocycles. The van der Waals surface area contributed by atoms with Gasteiger partial charge < -0.3 is 20.1 Å². The minimum atomic E-state index is -0.0326. The molecule has 0 aliphatic rings. The second-order valence-electron chi connectivity index (χ2n) is 4.78. The third-order valence-corrected chi connectivity index (χ3v) is 2.84. The van der Waals surface area contributed by atoms with Crippen molar-refractivity contribution in [2.45, 2.75) is 32.9 Å². The zero-order valence-electron chi connectivity index (χ0n) is 12.7. The average Bonchev–Trinajstić information content (AvgIpc) is 2.45. The lowest BCUT2D eigenvalue weighted by Crippen LogP contribution is -2.23. The summed E-state index contributed by atoms with van der Waals surface area (Å²) in [5.41, 5.74) is 1.05. The maximum Gasteiger partial charge on any atom is 0.223 e. The van der Waals surface area contributed by atoms with E-state index in [1.54, 1.807) is 14.2 Å². The van der Waals surface area contributed by atoms with Crippen LogP contribution in [0.15, 0.2) is 18.2 Å². The monoisotopic (exact) mass is 280 g/mol. The van der Waals surface area contributed by atoms with E-state index in [0.29, 0.717) is 19.1 Å². The first-order valence-corrected chi connectivity index (χ1v) is 6.80. The number of methoxy groups -OCH3 is 1. The van der Waals surface area contributed by atoms with Crippen LogP contribution in [-0.2, 0) is 11.3 Å².